The van der Waals surface area contributed by atoms with Gasteiger partial charge < -0.3 is 10.2 Å². The minimum atomic E-state index is -3.83. The molecular weight excluding hydrogens is 473 g/mol. The molecular formula is C22H27Cl2N3O4S. The SMILES string of the molecule is CC[C@@H](C(=O)NC)N(Cc1cccc(C)c1)C(=O)CN(c1ccc(Cl)c(Cl)c1)S(C)(=O)=O. The Hall–Kier alpha value is -2.29. The molecule has 0 saturated heterocycles. The molecule has 0 aromatic heterocycles. The summed E-state index contributed by atoms with van der Waals surface area (Å²) in [5, 5.41) is 3.01. The monoisotopic (exact) mass is 499 g/mol. The molecule has 0 radical (unpaired) electrons. The number of carbonyl (C=O) groups excluding carboxylic acids is 2. The van der Waals surface area contributed by atoms with Crippen LogP contribution in [0.4, 0.5) is 5.69 Å². The number of likely N-dealkylation sites (N-methyl/N-ethyl adjacent to an activating group) is 1. The number of halogens is 2. The van der Waals surface area contributed by atoms with E-state index in [1.807, 2.05) is 31.2 Å². The number of hydrogen-bond donors (Lipinski definition) is 1. The first-order valence-electron chi connectivity index (χ1n) is 9.97. The summed E-state index contributed by atoms with van der Waals surface area (Å²) in [7, 11) is -2.33. The van der Waals surface area contributed by atoms with Crippen molar-refractivity contribution in [3.8, 4) is 0 Å². The molecule has 0 unspecified atom stereocenters. The number of hydrogen-bond acceptors (Lipinski definition) is 4. The van der Waals surface area contributed by atoms with Gasteiger partial charge in [-0.25, -0.2) is 8.42 Å². The summed E-state index contributed by atoms with van der Waals surface area (Å²) in [5.74, 6) is -0.840. The van der Waals surface area contributed by atoms with Crippen molar-refractivity contribution in [3.63, 3.8) is 0 Å². The van der Waals surface area contributed by atoms with Crippen molar-refractivity contribution < 1.29 is 18.0 Å². The Labute approximate surface area is 199 Å². The van der Waals surface area contributed by atoms with Gasteiger partial charge in [0, 0.05) is 13.6 Å². The van der Waals surface area contributed by atoms with Crippen LogP contribution < -0.4 is 9.62 Å². The summed E-state index contributed by atoms with van der Waals surface area (Å²) in [5.41, 5.74) is 2.05. The molecule has 1 atom stereocenters. The van der Waals surface area contributed by atoms with Gasteiger partial charge in [-0.1, -0.05) is 60.0 Å². The van der Waals surface area contributed by atoms with Crippen molar-refractivity contribution >= 4 is 50.7 Å². The number of rotatable bonds is 9. The summed E-state index contributed by atoms with van der Waals surface area (Å²) in [4.78, 5) is 27.3. The average Bonchev–Trinajstić information content (AvgIpc) is 2.72. The van der Waals surface area contributed by atoms with Gasteiger partial charge in [-0.2, -0.15) is 0 Å². The van der Waals surface area contributed by atoms with E-state index in [0.29, 0.717) is 6.42 Å². The van der Waals surface area contributed by atoms with Gasteiger partial charge in [0.25, 0.3) is 0 Å². The number of amides is 2. The highest BCUT2D eigenvalue weighted by Gasteiger charge is 2.31. The Kier molecular flexibility index (Phi) is 8.95. The van der Waals surface area contributed by atoms with Crippen molar-refractivity contribution in [2.75, 3.05) is 24.2 Å². The zero-order valence-corrected chi connectivity index (χ0v) is 20.8. The molecule has 0 spiro atoms. The molecule has 0 fully saturated rings. The fourth-order valence-corrected chi connectivity index (χ4v) is 4.48. The molecule has 2 rings (SSSR count). The van der Waals surface area contributed by atoms with Gasteiger partial charge in [-0.3, -0.25) is 13.9 Å². The number of anilines is 1. The molecule has 0 aliphatic rings. The predicted molar refractivity (Wildman–Crippen MR) is 129 cm³/mol. The first kappa shape index (κ1) is 26.0. The van der Waals surface area contributed by atoms with Crippen molar-refractivity contribution in [3.05, 3.63) is 63.6 Å². The summed E-state index contributed by atoms with van der Waals surface area (Å²) in [6.07, 6.45) is 1.37. The highest BCUT2D eigenvalue weighted by atomic mass is 35.5. The molecule has 0 saturated carbocycles. The molecule has 2 amide bonds. The van der Waals surface area contributed by atoms with Crippen LogP contribution in [0.3, 0.4) is 0 Å². The first-order valence-corrected chi connectivity index (χ1v) is 12.6. The molecule has 0 bridgehead atoms. The Morgan fingerprint density at radius 3 is 2.31 bits per heavy atom. The smallest absolute Gasteiger partial charge is 0.244 e. The van der Waals surface area contributed by atoms with Gasteiger partial charge in [0.1, 0.15) is 12.6 Å². The molecule has 1 N–H and O–H groups in total. The minimum Gasteiger partial charge on any atom is -0.357 e. The Morgan fingerprint density at radius 2 is 1.78 bits per heavy atom. The van der Waals surface area contributed by atoms with Crippen LogP contribution in [-0.4, -0.2) is 51.0 Å². The van der Waals surface area contributed by atoms with Gasteiger partial charge in [0.15, 0.2) is 0 Å². The number of benzene rings is 2. The van der Waals surface area contributed by atoms with E-state index in [0.717, 1.165) is 21.7 Å². The number of sulfonamides is 1. The van der Waals surface area contributed by atoms with Gasteiger partial charge in [-0.05, 0) is 37.1 Å². The van der Waals surface area contributed by atoms with Crippen LogP contribution in [0.5, 0.6) is 0 Å². The van der Waals surface area contributed by atoms with Crippen molar-refractivity contribution in [1.82, 2.24) is 10.2 Å². The van der Waals surface area contributed by atoms with Gasteiger partial charge in [0.2, 0.25) is 21.8 Å². The number of aryl methyl sites for hydroxylation is 1. The van der Waals surface area contributed by atoms with Crippen molar-refractivity contribution in [1.29, 1.82) is 0 Å². The fourth-order valence-electron chi connectivity index (χ4n) is 3.35. The van der Waals surface area contributed by atoms with Crippen LogP contribution in [0.2, 0.25) is 10.0 Å². The zero-order chi connectivity index (χ0) is 24.1. The molecule has 7 nitrogen and oxygen atoms in total. The van der Waals surface area contributed by atoms with Gasteiger partial charge in [-0.15, -0.1) is 0 Å². The lowest BCUT2D eigenvalue weighted by Gasteiger charge is -2.32. The normalized spacial score (nSPS) is 12.2. The van der Waals surface area contributed by atoms with Crippen molar-refractivity contribution in [2.24, 2.45) is 0 Å². The molecule has 2 aromatic carbocycles. The minimum absolute atomic E-state index is 0.158. The Morgan fingerprint density at radius 1 is 1.09 bits per heavy atom. The topological polar surface area (TPSA) is 86.8 Å². The van der Waals surface area contributed by atoms with Crippen LogP contribution >= 0.6 is 23.2 Å². The van der Waals surface area contributed by atoms with Crippen LogP contribution in [0, 0.1) is 6.92 Å². The second-order valence-electron chi connectivity index (χ2n) is 7.42. The average molecular weight is 500 g/mol. The van der Waals surface area contributed by atoms with E-state index in [4.69, 9.17) is 23.2 Å². The lowest BCUT2D eigenvalue weighted by molar-refractivity contribution is -0.140. The fraction of sp³-hybridized carbons (Fsp3) is 0.364. The number of nitrogens with one attached hydrogen (secondary N) is 1. The summed E-state index contributed by atoms with van der Waals surface area (Å²) in [6.45, 7) is 3.40. The molecule has 174 valence electrons. The molecule has 0 heterocycles. The van der Waals surface area contributed by atoms with Crippen LogP contribution in [0.1, 0.15) is 24.5 Å². The summed E-state index contributed by atoms with van der Waals surface area (Å²) in [6, 6.07) is 11.1. The molecule has 32 heavy (non-hydrogen) atoms. The third-order valence-electron chi connectivity index (χ3n) is 4.94. The Balaban J connectivity index is 2.45. The van der Waals surface area contributed by atoms with E-state index in [1.165, 1.54) is 30.1 Å². The second-order valence-corrected chi connectivity index (χ2v) is 10.1. The molecule has 2 aromatic rings. The highest BCUT2D eigenvalue weighted by molar-refractivity contribution is 7.92. The maximum atomic E-state index is 13.4. The van der Waals surface area contributed by atoms with Crippen molar-refractivity contribution in [2.45, 2.75) is 32.9 Å². The van der Waals surface area contributed by atoms with E-state index in [2.05, 4.69) is 5.32 Å². The lowest BCUT2D eigenvalue weighted by Crippen LogP contribution is -2.51. The molecule has 10 heteroatoms. The van der Waals surface area contributed by atoms with E-state index in [1.54, 1.807) is 6.92 Å². The van der Waals surface area contributed by atoms with E-state index in [-0.39, 0.29) is 28.2 Å². The quantitative estimate of drug-likeness (QED) is 0.570. The van der Waals surface area contributed by atoms with Gasteiger partial charge in [0.05, 0.1) is 22.0 Å². The second kappa shape index (κ2) is 11.0. The first-order chi connectivity index (χ1) is 15.0. The Bertz CT molecular complexity index is 1090. The van der Waals surface area contributed by atoms with Crippen LogP contribution in [-0.2, 0) is 26.2 Å². The highest BCUT2D eigenvalue weighted by Crippen LogP contribution is 2.28. The number of nitrogens with zero attached hydrogens (tertiary/aromatic N) is 2. The summed E-state index contributed by atoms with van der Waals surface area (Å²) < 4.78 is 26.0. The maximum Gasteiger partial charge on any atom is 0.244 e. The van der Waals surface area contributed by atoms with E-state index >= 15 is 0 Å². The predicted octanol–water partition coefficient (Wildman–Crippen LogP) is 3.62. The third kappa shape index (κ3) is 6.60. The zero-order valence-electron chi connectivity index (χ0n) is 18.4. The number of carbonyl (C=O) groups is 2. The summed E-state index contributed by atoms with van der Waals surface area (Å²) >= 11 is 12.0. The van der Waals surface area contributed by atoms with E-state index in [9.17, 15) is 18.0 Å². The maximum absolute atomic E-state index is 13.4. The standard InChI is InChI=1S/C22H27Cl2N3O4S/c1-5-20(22(29)25-3)26(13-16-8-6-7-15(2)11-16)21(28)14-27(32(4,30)31)17-9-10-18(23)19(24)12-17/h6-12,20H,5,13-14H2,1-4H3,(H,25,29)/t20-/m0/s1. The molecule has 0 aliphatic carbocycles. The van der Waals surface area contributed by atoms with Gasteiger partial charge >= 0.3 is 0 Å². The largest absolute Gasteiger partial charge is 0.357 e. The lowest BCUT2D eigenvalue weighted by atomic mass is 10.1. The van der Waals surface area contributed by atoms with E-state index < -0.39 is 28.5 Å². The third-order valence-corrected chi connectivity index (χ3v) is 6.82. The van der Waals surface area contributed by atoms with Crippen LogP contribution in [0.25, 0.3) is 0 Å². The van der Waals surface area contributed by atoms with Crippen LogP contribution in [0.15, 0.2) is 42.5 Å². The molecule has 0 aliphatic heterocycles.